The predicted molar refractivity (Wildman–Crippen MR) is 91.9 cm³/mol. The van der Waals surface area contributed by atoms with Gasteiger partial charge in [0.05, 0.1) is 11.6 Å². The van der Waals surface area contributed by atoms with Gasteiger partial charge in [-0.3, -0.25) is 4.40 Å². The Labute approximate surface area is 164 Å². The quantitative estimate of drug-likeness (QED) is 0.600. The number of hydrogen-bond acceptors (Lipinski definition) is 7. The molecule has 0 amide bonds. The summed E-state index contributed by atoms with van der Waals surface area (Å²) < 4.78 is 68.6. The Bertz CT molecular complexity index is 1250. The maximum atomic E-state index is 14.6. The van der Waals surface area contributed by atoms with E-state index < -0.39 is 42.9 Å². The first-order valence-electron chi connectivity index (χ1n) is 7.60. The molecule has 0 radical (unpaired) electrons. The van der Waals surface area contributed by atoms with Crippen LogP contribution in [0.25, 0.3) is 16.2 Å². The third kappa shape index (κ3) is 3.02. The van der Waals surface area contributed by atoms with Crippen LogP contribution in [0.3, 0.4) is 0 Å². The van der Waals surface area contributed by atoms with E-state index in [0.717, 1.165) is 16.8 Å². The number of sulfonamides is 1. The lowest BCUT2D eigenvalue weighted by Gasteiger charge is -2.12. The minimum atomic E-state index is -4.42. The van der Waals surface area contributed by atoms with E-state index in [1.165, 1.54) is 0 Å². The lowest BCUT2D eigenvalue weighted by molar-refractivity contribution is 0.150. The summed E-state index contributed by atoms with van der Waals surface area (Å²) in [6.45, 7) is 0. The highest BCUT2D eigenvalue weighted by Crippen LogP contribution is 2.38. The Morgan fingerprint density at radius 1 is 1.39 bits per heavy atom. The Hall–Kier alpha value is -2.27. The Kier molecular flexibility index (Phi) is 4.34. The molecule has 1 saturated carbocycles. The van der Waals surface area contributed by atoms with E-state index in [1.807, 2.05) is 6.07 Å². The van der Waals surface area contributed by atoms with Crippen molar-refractivity contribution in [3.05, 3.63) is 28.4 Å². The number of alkyl halides is 2. The van der Waals surface area contributed by atoms with Gasteiger partial charge in [-0.25, -0.2) is 26.6 Å². The smallest absolute Gasteiger partial charge is 0.286 e. The number of rotatable bonds is 5. The van der Waals surface area contributed by atoms with Crippen molar-refractivity contribution in [3.8, 4) is 16.8 Å². The van der Waals surface area contributed by atoms with Crippen LogP contribution in [0.1, 0.15) is 24.3 Å². The highest BCUT2D eigenvalue weighted by molar-refractivity contribution is 7.89. The van der Waals surface area contributed by atoms with E-state index in [4.69, 9.17) is 16.9 Å². The zero-order valence-electron chi connectivity index (χ0n) is 13.5. The summed E-state index contributed by atoms with van der Waals surface area (Å²) in [5.74, 6) is -1.23. The molecule has 1 N–H and O–H groups in total. The van der Waals surface area contributed by atoms with Crippen LogP contribution in [0.2, 0.25) is 5.15 Å². The summed E-state index contributed by atoms with van der Waals surface area (Å²) in [6.07, 6.45) is -1.11. The fraction of sp³-hybridized carbons (Fsp3) is 0.286. The average molecular weight is 449 g/mol. The zero-order chi connectivity index (χ0) is 20.3. The van der Waals surface area contributed by atoms with Gasteiger partial charge in [-0.05, 0) is 18.9 Å². The number of aromatic nitrogens is 4. The van der Waals surface area contributed by atoms with Gasteiger partial charge in [0.15, 0.2) is 21.0 Å². The molecule has 0 saturated heterocycles. The molecule has 4 rings (SSSR count). The number of hydrogen-bond donors (Lipinski definition) is 1. The molecule has 3 aromatic rings. The molecular weight excluding hydrogens is 441 g/mol. The van der Waals surface area contributed by atoms with E-state index in [2.05, 4.69) is 19.9 Å². The molecule has 0 spiro atoms. The highest BCUT2D eigenvalue weighted by atomic mass is 35.5. The fourth-order valence-corrected chi connectivity index (χ4v) is 4.97. The molecule has 0 unspecified atom stereocenters. The average Bonchev–Trinajstić information content (AvgIpc) is 3.07. The standard InChI is InChI=1S/C14H8ClF3N6O2S2/c15-10-8(16)7(28(25,26)23-14(4-19)1-2-14)3-6-9(20-5-24(6)10)12-21-22-13(27-12)11(17)18/h3,5,11,23H,1-2H2. The monoisotopic (exact) mass is 448 g/mol. The second-order valence-electron chi connectivity index (χ2n) is 6.01. The van der Waals surface area contributed by atoms with Gasteiger partial charge in [0.2, 0.25) is 10.0 Å². The van der Waals surface area contributed by atoms with Gasteiger partial charge < -0.3 is 0 Å². The topological polar surface area (TPSA) is 113 Å². The van der Waals surface area contributed by atoms with Crippen LogP contribution in [0, 0.1) is 17.1 Å². The lowest BCUT2D eigenvalue weighted by Crippen LogP contribution is -2.36. The van der Waals surface area contributed by atoms with Gasteiger partial charge in [-0.2, -0.15) is 9.98 Å². The van der Waals surface area contributed by atoms with Crippen LogP contribution in [-0.2, 0) is 10.0 Å². The van der Waals surface area contributed by atoms with Crippen LogP contribution < -0.4 is 4.72 Å². The van der Waals surface area contributed by atoms with Crippen LogP contribution in [-0.4, -0.2) is 33.5 Å². The Morgan fingerprint density at radius 2 is 2.11 bits per heavy atom. The molecule has 0 aromatic carbocycles. The first-order valence-corrected chi connectivity index (χ1v) is 10.3. The van der Waals surface area contributed by atoms with Gasteiger partial charge in [0, 0.05) is 0 Å². The summed E-state index contributed by atoms with van der Waals surface area (Å²) in [5, 5.41) is 14.9. The van der Waals surface area contributed by atoms with E-state index in [-0.39, 0.29) is 16.2 Å². The molecule has 1 aliphatic carbocycles. The lowest BCUT2D eigenvalue weighted by atomic mass is 10.3. The largest absolute Gasteiger partial charge is 0.291 e. The summed E-state index contributed by atoms with van der Waals surface area (Å²) in [6, 6.07) is 2.81. The second kappa shape index (κ2) is 6.38. The molecule has 146 valence electrons. The van der Waals surface area contributed by atoms with E-state index in [9.17, 15) is 21.6 Å². The van der Waals surface area contributed by atoms with E-state index >= 15 is 0 Å². The van der Waals surface area contributed by atoms with Crippen molar-refractivity contribution in [1.29, 1.82) is 5.26 Å². The normalized spacial score (nSPS) is 15.9. The van der Waals surface area contributed by atoms with Crippen LogP contribution >= 0.6 is 22.9 Å². The molecule has 14 heteroatoms. The first-order chi connectivity index (χ1) is 13.2. The van der Waals surface area contributed by atoms with Crippen LogP contribution in [0.15, 0.2) is 17.3 Å². The Balaban J connectivity index is 1.87. The molecular formula is C14H8ClF3N6O2S2. The van der Waals surface area contributed by atoms with Gasteiger partial charge in [-0.1, -0.05) is 22.9 Å². The van der Waals surface area contributed by atoms with Crippen molar-refractivity contribution < 1.29 is 21.6 Å². The number of imidazole rings is 1. The summed E-state index contributed by atoms with van der Waals surface area (Å²) >= 11 is 6.52. The van der Waals surface area contributed by atoms with Crippen molar-refractivity contribution in [1.82, 2.24) is 24.3 Å². The molecule has 3 aromatic heterocycles. The number of pyridine rings is 1. The van der Waals surface area contributed by atoms with Crippen LogP contribution in [0.5, 0.6) is 0 Å². The summed E-state index contributed by atoms with van der Waals surface area (Å²) in [7, 11) is -4.42. The van der Waals surface area contributed by atoms with E-state index in [0.29, 0.717) is 24.2 Å². The number of nitrogens with one attached hydrogen (secondary N) is 1. The minimum absolute atomic E-state index is 0.00697. The fourth-order valence-electron chi connectivity index (χ4n) is 2.50. The molecule has 1 aliphatic rings. The SMILES string of the molecule is N#CC1(NS(=O)(=O)c2cc3c(-c4nnc(C(F)F)s4)ncn3c(Cl)c2F)CC1. The number of fused-ring (bicyclic) bond motifs is 1. The zero-order valence-corrected chi connectivity index (χ0v) is 15.9. The maximum absolute atomic E-state index is 14.6. The summed E-state index contributed by atoms with van der Waals surface area (Å²) in [5.41, 5.74) is -1.21. The Morgan fingerprint density at radius 3 is 2.68 bits per heavy atom. The van der Waals surface area contributed by atoms with Gasteiger partial charge in [0.25, 0.3) is 6.43 Å². The third-order valence-corrected chi connectivity index (χ3v) is 6.92. The first kappa shape index (κ1) is 19.1. The molecule has 0 bridgehead atoms. The van der Waals surface area contributed by atoms with Crippen LogP contribution in [0.4, 0.5) is 13.2 Å². The van der Waals surface area contributed by atoms with Crippen molar-refractivity contribution >= 4 is 38.5 Å². The number of nitriles is 1. The summed E-state index contributed by atoms with van der Waals surface area (Å²) in [4.78, 5) is 3.19. The van der Waals surface area contributed by atoms with Gasteiger partial charge in [0.1, 0.15) is 22.5 Å². The minimum Gasteiger partial charge on any atom is -0.286 e. The highest BCUT2D eigenvalue weighted by Gasteiger charge is 2.47. The van der Waals surface area contributed by atoms with Gasteiger partial charge in [-0.15, -0.1) is 10.2 Å². The third-order valence-electron chi connectivity index (χ3n) is 4.09. The van der Waals surface area contributed by atoms with Gasteiger partial charge >= 0.3 is 0 Å². The molecule has 28 heavy (non-hydrogen) atoms. The van der Waals surface area contributed by atoms with Crippen molar-refractivity contribution in [2.75, 3.05) is 0 Å². The van der Waals surface area contributed by atoms with Crippen molar-refractivity contribution in [3.63, 3.8) is 0 Å². The maximum Gasteiger partial charge on any atom is 0.291 e. The molecule has 0 atom stereocenters. The second-order valence-corrected chi connectivity index (χ2v) is 9.03. The van der Waals surface area contributed by atoms with Crippen molar-refractivity contribution in [2.45, 2.75) is 29.7 Å². The molecule has 8 nitrogen and oxygen atoms in total. The number of halogens is 4. The molecule has 0 aliphatic heterocycles. The predicted octanol–water partition coefficient (Wildman–Crippen LogP) is 2.92. The van der Waals surface area contributed by atoms with Crippen molar-refractivity contribution in [2.24, 2.45) is 0 Å². The van der Waals surface area contributed by atoms with E-state index in [1.54, 1.807) is 0 Å². The number of nitrogens with zero attached hydrogens (tertiary/aromatic N) is 5. The molecule has 1 fully saturated rings. The molecule has 3 heterocycles.